The zero-order chi connectivity index (χ0) is 20.9. The predicted octanol–water partition coefficient (Wildman–Crippen LogP) is 2.16. The number of hydrogen-bond donors (Lipinski definition) is 1. The molecule has 2 saturated heterocycles. The summed E-state index contributed by atoms with van der Waals surface area (Å²) in [6.45, 7) is 9.63. The summed E-state index contributed by atoms with van der Waals surface area (Å²) in [5, 5.41) is 3.56. The molecule has 0 spiro atoms. The SMILES string of the molecule is CN=C(NCc1ccnc(N2CCOC(C)C2)c1)N1CCC(C)C(n2ccnc2)C1. The Hall–Kier alpha value is -2.61. The molecule has 162 valence electrons. The first-order chi connectivity index (χ1) is 14.6. The first-order valence-corrected chi connectivity index (χ1v) is 10.9. The second-order valence-corrected chi connectivity index (χ2v) is 8.34. The van der Waals surface area contributed by atoms with Crippen LogP contribution in [0.15, 0.2) is 42.0 Å². The maximum Gasteiger partial charge on any atom is 0.193 e. The number of hydrogen-bond acceptors (Lipinski definition) is 5. The monoisotopic (exact) mass is 411 g/mol. The van der Waals surface area contributed by atoms with Crippen molar-refractivity contribution in [2.45, 2.75) is 39.0 Å². The quantitative estimate of drug-likeness (QED) is 0.614. The number of ether oxygens (including phenoxy) is 1. The van der Waals surface area contributed by atoms with Gasteiger partial charge in [-0.3, -0.25) is 4.99 Å². The summed E-state index contributed by atoms with van der Waals surface area (Å²) in [6.07, 6.45) is 9.11. The molecule has 0 aromatic carbocycles. The van der Waals surface area contributed by atoms with E-state index in [1.807, 2.05) is 25.8 Å². The molecule has 8 nitrogen and oxygen atoms in total. The number of nitrogens with zero attached hydrogens (tertiary/aromatic N) is 6. The van der Waals surface area contributed by atoms with Gasteiger partial charge in [-0.05, 0) is 37.0 Å². The van der Waals surface area contributed by atoms with Crippen LogP contribution in [-0.2, 0) is 11.3 Å². The lowest BCUT2D eigenvalue weighted by atomic mass is 9.93. The summed E-state index contributed by atoms with van der Waals surface area (Å²) in [5.74, 6) is 2.59. The van der Waals surface area contributed by atoms with E-state index in [-0.39, 0.29) is 6.10 Å². The van der Waals surface area contributed by atoms with Crippen LogP contribution >= 0.6 is 0 Å². The summed E-state index contributed by atoms with van der Waals surface area (Å²) < 4.78 is 7.88. The van der Waals surface area contributed by atoms with E-state index in [1.165, 1.54) is 5.56 Å². The molecule has 3 atom stereocenters. The van der Waals surface area contributed by atoms with Crippen LogP contribution < -0.4 is 10.2 Å². The number of aromatic nitrogens is 3. The molecule has 1 N–H and O–H groups in total. The van der Waals surface area contributed by atoms with Crippen LogP contribution in [0, 0.1) is 5.92 Å². The molecular weight excluding hydrogens is 378 g/mol. The first-order valence-electron chi connectivity index (χ1n) is 10.9. The number of aliphatic imine (C=N–C) groups is 1. The summed E-state index contributed by atoms with van der Waals surface area (Å²) in [5.41, 5.74) is 1.21. The average Bonchev–Trinajstić information content (AvgIpc) is 3.30. The molecule has 0 amide bonds. The van der Waals surface area contributed by atoms with Crippen LogP contribution in [0.1, 0.15) is 31.9 Å². The lowest BCUT2D eigenvalue weighted by molar-refractivity contribution is 0.0529. The van der Waals surface area contributed by atoms with Crippen molar-refractivity contribution in [2.75, 3.05) is 44.7 Å². The van der Waals surface area contributed by atoms with Crippen molar-refractivity contribution in [3.8, 4) is 0 Å². The smallest absolute Gasteiger partial charge is 0.193 e. The van der Waals surface area contributed by atoms with Crippen molar-refractivity contribution in [2.24, 2.45) is 10.9 Å². The van der Waals surface area contributed by atoms with Crippen molar-refractivity contribution in [1.29, 1.82) is 0 Å². The van der Waals surface area contributed by atoms with Crippen molar-refractivity contribution in [3.63, 3.8) is 0 Å². The standard InChI is InChI=1S/C22H33N7O/c1-17-5-8-28(15-20(17)29-9-7-24-16-29)22(23-3)26-13-19-4-6-25-21(12-19)27-10-11-30-18(2)14-27/h4,6-7,9,12,16-18,20H,5,8,10-11,13-15H2,1-3H3,(H,23,26). The molecule has 3 unspecified atom stereocenters. The Bertz CT molecular complexity index is 838. The fraction of sp³-hybridized carbons (Fsp3) is 0.591. The molecule has 2 aliphatic heterocycles. The fourth-order valence-corrected chi connectivity index (χ4v) is 4.38. The van der Waals surface area contributed by atoms with Gasteiger partial charge < -0.3 is 24.4 Å². The van der Waals surface area contributed by atoms with Gasteiger partial charge >= 0.3 is 0 Å². The van der Waals surface area contributed by atoms with Crippen LogP contribution in [0.4, 0.5) is 5.82 Å². The van der Waals surface area contributed by atoms with Gasteiger partial charge in [0.2, 0.25) is 0 Å². The van der Waals surface area contributed by atoms with Gasteiger partial charge in [0.05, 0.1) is 25.1 Å². The summed E-state index contributed by atoms with van der Waals surface area (Å²) >= 11 is 0. The van der Waals surface area contributed by atoms with E-state index in [4.69, 9.17) is 4.74 Å². The normalized spacial score (nSPS) is 25.4. The second kappa shape index (κ2) is 9.47. The molecule has 2 fully saturated rings. The van der Waals surface area contributed by atoms with Gasteiger partial charge in [-0.2, -0.15) is 0 Å². The zero-order valence-electron chi connectivity index (χ0n) is 18.2. The molecule has 2 aliphatic rings. The zero-order valence-corrected chi connectivity index (χ0v) is 18.2. The number of nitrogens with one attached hydrogen (secondary N) is 1. The van der Waals surface area contributed by atoms with Crippen LogP contribution in [0.2, 0.25) is 0 Å². The molecule has 4 rings (SSSR count). The van der Waals surface area contributed by atoms with E-state index in [0.717, 1.165) is 57.5 Å². The van der Waals surface area contributed by atoms with Crippen molar-refractivity contribution in [3.05, 3.63) is 42.6 Å². The van der Waals surface area contributed by atoms with E-state index in [0.29, 0.717) is 12.0 Å². The topological polar surface area (TPSA) is 70.8 Å². The summed E-state index contributed by atoms with van der Waals surface area (Å²) in [6, 6.07) is 4.65. The van der Waals surface area contributed by atoms with Crippen LogP contribution in [0.25, 0.3) is 0 Å². The molecule has 2 aromatic rings. The van der Waals surface area contributed by atoms with E-state index in [9.17, 15) is 0 Å². The molecule has 0 bridgehead atoms. The number of piperidine rings is 1. The van der Waals surface area contributed by atoms with Gasteiger partial charge in [-0.1, -0.05) is 6.92 Å². The van der Waals surface area contributed by atoms with E-state index >= 15 is 0 Å². The maximum absolute atomic E-state index is 5.65. The highest BCUT2D eigenvalue weighted by atomic mass is 16.5. The molecule has 4 heterocycles. The lowest BCUT2D eigenvalue weighted by Crippen LogP contribution is -2.48. The molecule has 8 heteroatoms. The van der Waals surface area contributed by atoms with Gasteiger partial charge in [0.25, 0.3) is 0 Å². The molecule has 2 aromatic heterocycles. The number of pyridine rings is 1. The molecule has 0 radical (unpaired) electrons. The van der Waals surface area contributed by atoms with Crippen LogP contribution in [-0.4, -0.2) is 71.3 Å². The van der Waals surface area contributed by atoms with Crippen LogP contribution in [0.5, 0.6) is 0 Å². The minimum atomic E-state index is 0.242. The number of guanidine groups is 1. The Kier molecular flexibility index (Phi) is 6.52. The number of anilines is 1. The van der Waals surface area contributed by atoms with Crippen LogP contribution in [0.3, 0.4) is 0 Å². The van der Waals surface area contributed by atoms with E-state index in [2.05, 4.69) is 66.8 Å². The first kappa shape index (κ1) is 20.7. The Balaban J connectivity index is 1.38. The highest BCUT2D eigenvalue weighted by Crippen LogP contribution is 2.27. The molecule has 0 saturated carbocycles. The second-order valence-electron chi connectivity index (χ2n) is 8.34. The third-order valence-electron chi connectivity index (χ3n) is 6.16. The Morgan fingerprint density at radius 1 is 1.27 bits per heavy atom. The number of imidazole rings is 1. The van der Waals surface area contributed by atoms with E-state index < -0.39 is 0 Å². The van der Waals surface area contributed by atoms with E-state index in [1.54, 1.807) is 0 Å². The minimum absolute atomic E-state index is 0.242. The third-order valence-corrected chi connectivity index (χ3v) is 6.16. The number of rotatable bonds is 4. The average molecular weight is 412 g/mol. The Labute approximate surface area is 179 Å². The largest absolute Gasteiger partial charge is 0.375 e. The molecule has 0 aliphatic carbocycles. The van der Waals surface area contributed by atoms with Gasteiger partial charge in [0.15, 0.2) is 5.96 Å². The Morgan fingerprint density at radius 2 is 2.17 bits per heavy atom. The minimum Gasteiger partial charge on any atom is -0.375 e. The Morgan fingerprint density at radius 3 is 2.93 bits per heavy atom. The number of likely N-dealkylation sites (tertiary alicyclic amines) is 1. The maximum atomic E-state index is 5.65. The third kappa shape index (κ3) is 4.75. The van der Waals surface area contributed by atoms with Gasteiger partial charge in [-0.25, -0.2) is 9.97 Å². The van der Waals surface area contributed by atoms with Crippen molar-refractivity contribution in [1.82, 2.24) is 24.8 Å². The molecular formula is C22H33N7O. The highest BCUT2D eigenvalue weighted by Gasteiger charge is 2.29. The number of morpholine rings is 1. The highest BCUT2D eigenvalue weighted by molar-refractivity contribution is 5.80. The van der Waals surface area contributed by atoms with Gasteiger partial charge in [0.1, 0.15) is 5.82 Å². The fourth-order valence-electron chi connectivity index (χ4n) is 4.38. The predicted molar refractivity (Wildman–Crippen MR) is 119 cm³/mol. The van der Waals surface area contributed by atoms with Crippen molar-refractivity contribution < 1.29 is 4.74 Å². The van der Waals surface area contributed by atoms with Crippen molar-refractivity contribution >= 4 is 11.8 Å². The summed E-state index contributed by atoms with van der Waals surface area (Å²) in [4.78, 5) is 18.0. The summed E-state index contributed by atoms with van der Waals surface area (Å²) in [7, 11) is 1.86. The lowest BCUT2D eigenvalue weighted by Gasteiger charge is -2.39. The van der Waals surface area contributed by atoms with Gasteiger partial charge in [-0.15, -0.1) is 0 Å². The molecule has 30 heavy (non-hydrogen) atoms. The van der Waals surface area contributed by atoms with Gasteiger partial charge in [0, 0.05) is 58.4 Å².